The molecule has 2 aliphatic rings. The fraction of sp³-hybridized carbons (Fsp3) is 0.611. The van der Waals surface area contributed by atoms with E-state index in [0.29, 0.717) is 30.7 Å². The van der Waals surface area contributed by atoms with Gasteiger partial charge in [-0.25, -0.2) is 0 Å². The average molecular weight is 347 g/mol. The molecule has 1 aliphatic carbocycles. The van der Waals surface area contributed by atoms with Gasteiger partial charge < -0.3 is 20.5 Å². The summed E-state index contributed by atoms with van der Waals surface area (Å²) in [5.41, 5.74) is 0.522. The van der Waals surface area contributed by atoms with E-state index in [2.05, 4.69) is 15.6 Å². The van der Waals surface area contributed by atoms with Gasteiger partial charge in [-0.3, -0.25) is 14.6 Å². The second kappa shape index (κ2) is 8.40. The average Bonchev–Trinajstić information content (AvgIpc) is 3.46. The Morgan fingerprint density at radius 3 is 2.64 bits per heavy atom. The third-order valence-corrected chi connectivity index (χ3v) is 4.75. The smallest absolute Gasteiger partial charge is 0.251 e. The summed E-state index contributed by atoms with van der Waals surface area (Å²) in [5, 5.41) is 15.4. The maximum Gasteiger partial charge on any atom is 0.251 e. The topological polar surface area (TPSA) is 101 Å². The second-order valence-corrected chi connectivity index (χ2v) is 6.82. The Hall–Kier alpha value is -1.99. The number of pyridine rings is 1. The maximum atomic E-state index is 12.2. The Kier molecular flexibility index (Phi) is 5.99. The zero-order valence-corrected chi connectivity index (χ0v) is 14.2. The van der Waals surface area contributed by atoms with Crippen molar-refractivity contribution in [2.24, 2.45) is 5.92 Å². The van der Waals surface area contributed by atoms with Gasteiger partial charge in [-0.2, -0.15) is 0 Å². The van der Waals surface area contributed by atoms with Crippen LogP contribution in [0.5, 0.6) is 0 Å². The molecule has 0 spiro atoms. The van der Waals surface area contributed by atoms with Crippen molar-refractivity contribution in [3.63, 3.8) is 0 Å². The van der Waals surface area contributed by atoms with Gasteiger partial charge in [0.2, 0.25) is 5.91 Å². The van der Waals surface area contributed by atoms with Gasteiger partial charge in [0.15, 0.2) is 0 Å². The first-order valence-corrected chi connectivity index (χ1v) is 8.89. The zero-order valence-electron chi connectivity index (χ0n) is 14.2. The highest BCUT2D eigenvalue weighted by Crippen LogP contribution is 2.28. The Morgan fingerprint density at radius 2 is 1.96 bits per heavy atom. The molecular weight excluding hydrogens is 322 g/mol. The van der Waals surface area contributed by atoms with Crippen LogP contribution in [-0.4, -0.2) is 53.3 Å². The van der Waals surface area contributed by atoms with Gasteiger partial charge >= 0.3 is 0 Å². The van der Waals surface area contributed by atoms with Gasteiger partial charge in [-0.05, 0) is 43.7 Å². The van der Waals surface area contributed by atoms with Gasteiger partial charge in [-0.1, -0.05) is 0 Å². The standard InChI is InChI=1S/C18H25N3O4/c22-11-16-15(21-18(24)13-5-7-19-8-6-13)4-3-14(25-16)9-17(23)20-10-12-1-2-12/h5-8,12,14-16,22H,1-4,9-11H2,(H,20,23)(H,21,24)/t14-,15-,16+/m1/s1. The minimum Gasteiger partial charge on any atom is -0.394 e. The molecule has 0 unspecified atom stereocenters. The van der Waals surface area contributed by atoms with Crippen LogP contribution in [0.2, 0.25) is 0 Å². The van der Waals surface area contributed by atoms with Gasteiger partial charge in [0.1, 0.15) is 6.10 Å². The number of hydrogen-bond donors (Lipinski definition) is 3. The Balaban J connectivity index is 1.47. The van der Waals surface area contributed by atoms with Crippen LogP contribution < -0.4 is 10.6 Å². The fourth-order valence-electron chi connectivity index (χ4n) is 3.06. The Labute approximate surface area is 147 Å². The van der Waals surface area contributed by atoms with Crippen molar-refractivity contribution in [1.82, 2.24) is 15.6 Å². The van der Waals surface area contributed by atoms with E-state index in [9.17, 15) is 14.7 Å². The van der Waals surface area contributed by atoms with Crippen LogP contribution in [0.15, 0.2) is 24.5 Å². The quantitative estimate of drug-likeness (QED) is 0.672. The molecule has 2 fully saturated rings. The lowest BCUT2D eigenvalue weighted by atomic mass is 9.96. The normalized spacial score (nSPS) is 26.0. The van der Waals surface area contributed by atoms with Crippen molar-refractivity contribution in [2.75, 3.05) is 13.2 Å². The molecule has 1 aromatic heterocycles. The van der Waals surface area contributed by atoms with Gasteiger partial charge in [0.05, 0.1) is 25.2 Å². The minimum atomic E-state index is -0.499. The largest absolute Gasteiger partial charge is 0.394 e. The summed E-state index contributed by atoms with van der Waals surface area (Å²) in [5.74, 6) is 0.428. The third kappa shape index (κ3) is 5.24. The van der Waals surface area contributed by atoms with E-state index in [1.165, 1.54) is 12.8 Å². The molecule has 3 atom stereocenters. The minimum absolute atomic E-state index is 0.00661. The molecule has 0 bridgehead atoms. The predicted octanol–water partition coefficient (Wildman–Crippen LogP) is 0.636. The summed E-state index contributed by atoms with van der Waals surface area (Å²) in [4.78, 5) is 28.1. The number of aliphatic hydroxyl groups excluding tert-OH is 1. The number of rotatable bonds is 7. The number of nitrogens with one attached hydrogen (secondary N) is 2. The van der Waals surface area contributed by atoms with Crippen LogP contribution in [-0.2, 0) is 9.53 Å². The lowest BCUT2D eigenvalue weighted by Crippen LogP contribution is -2.51. The van der Waals surface area contributed by atoms with E-state index in [1.807, 2.05) is 0 Å². The molecule has 1 saturated carbocycles. The van der Waals surface area contributed by atoms with Crippen molar-refractivity contribution in [3.05, 3.63) is 30.1 Å². The predicted molar refractivity (Wildman–Crippen MR) is 90.8 cm³/mol. The van der Waals surface area contributed by atoms with E-state index in [4.69, 9.17) is 4.74 Å². The van der Waals surface area contributed by atoms with E-state index in [1.54, 1.807) is 24.5 Å². The molecule has 25 heavy (non-hydrogen) atoms. The summed E-state index contributed by atoms with van der Waals surface area (Å²) in [7, 11) is 0. The number of nitrogens with zero attached hydrogens (tertiary/aromatic N) is 1. The summed E-state index contributed by atoms with van der Waals surface area (Å²) in [6.07, 6.45) is 6.45. The number of hydrogen-bond acceptors (Lipinski definition) is 5. The number of carbonyl (C=O) groups excluding carboxylic acids is 2. The lowest BCUT2D eigenvalue weighted by molar-refractivity contribution is -0.130. The molecule has 2 amide bonds. The first-order valence-electron chi connectivity index (χ1n) is 8.89. The van der Waals surface area contributed by atoms with Crippen LogP contribution in [0.4, 0.5) is 0 Å². The molecule has 7 heteroatoms. The molecule has 1 aromatic rings. The number of ether oxygens (including phenoxy) is 1. The molecule has 3 rings (SSSR count). The van der Waals surface area contributed by atoms with Gasteiger partial charge in [0.25, 0.3) is 5.91 Å². The zero-order chi connectivity index (χ0) is 17.6. The maximum absolute atomic E-state index is 12.2. The summed E-state index contributed by atoms with van der Waals surface area (Å²) in [6, 6.07) is 3.01. The second-order valence-electron chi connectivity index (χ2n) is 6.82. The fourth-order valence-corrected chi connectivity index (χ4v) is 3.06. The van der Waals surface area contributed by atoms with E-state index in [-0.39, 0.29) is 30.6 Å². The molecule has 7 nitrogen and oxygen atoms in total. The van der Waals surface area contributed by atoms with E-state index < -0.39 is 6.10 Å². The van der Waals surface area contributed by atoms with Crippen molar-refractivity contribution < 1.29 is 19.4 Å². The highest BCUT2D eigenvalue weighted by Gasteiger charge is 2.33. The Bertz CT molecular complexity index is 591. The van der Waals surface area contributed by atoms with Crippen LogP contribution in [0, 0.1) is 5.92 Å². The highest BCUT2D eigenvalue weighted by molar-refractivity contribution is 5.94. The molecular formula is C18H25N3O4. The van der Waals surface area contributed by atoms with Crippen molar-refractivity contribution in [2.45, 2.75) is 50.4 Å². The first kappa shape index (κ1) is 17.8. The summed E-state index contributed by atoms with van der Waals surface area (Å²) >= 11 is 0. The summed E-state index contributed by atoms with van der Waals surface area (Å²) < 4.78 is 5.84. The molecule has 136 valence electrons. The molecule has 1 aliphatic heterocycles. The molecule has 0 aromatic carbocycles. The van der Waals surface area contributed by atoms with E-state index in [0.717, 1.165) is 6.54 Å². The van der Waals surface area contributed by atoms with Crippen LogP contribution in [0.25, 0.3) is 0 Å². The van der Waals surface area contributed by atoms with Crippen LogP contribution >= 0.6 is 0 Å². The van der Waals surface area contributed by atoms with Crippen LogP contribution in [0.3, 0.4) is 0 Å². The lowest BCUT2D eigenvalue weighted by Gasteiger charge is -2.36. The van der Waals surface area contributed by atoms with E-state index >= 15 is 0 Å². The highest BCUT2D eigenvalue weighted by atomic mass is 16.5. The summed E-state index contributed by atoms with van der Waals surface area (Å²) in [6.45, 7) is 0.557. The van der Waals surface area contributed by atoms with Crippen molar-refractivity contribution >= 4 is 11.8 Å². The molecule has 2 heterocycles. The first-order chi connectivity index (χ1) is 12.2. The van der Waals surface area contributed by atoms with Crippen molar-refractivity contribution in [3.8, 4) is 0 Å². The number of carbonyl (C=O) groups is 2. The molecule has 1 saturated heterocycles. The van der Waals surface area contributed by atoms with Gasteiger partial charge in [-0.15, -0.1) is 0 Å². The third-order valence-electron chi connectivity index (χ3n) is 4.75. The monoisotopic (exact) mass is 347 g/mol. The van der Waals surface area contributed by atoms with Crippen LogP contribution in [0.1, 0.15) is 42.5 Å². The Morgan fingerprint density at radius 1 is 1.20 bits per heavy atom. The molecule has 0 radical (unpaired) electrons. The number of amides is 2. The van der Waals surface area contributed by atoms with Crippen molar-refractivity contribution in [1.29, 1.82) is 0 Å². The SMILES string of the molecule is O=C(C[C@H]1CC[C@@H](NC(=O)c2ccncc2)[C@H](CO)O1)NCC1CC1. The molecule has 3 N–H and O–H groups in total. The number of aromatic nitrogens is 1. The van der Waals surface area contributed by atoms with Gasteiger partial charge in [0, 0.05) is 24.5 Å². The number of aliphatic hydroxyl groups is 1.